The quantitative estimate of drug-likeness (QED) is 0.668. The summed E-state index contributed by atoms with van der Waals surface area (Å²) in [4.78, 5) is 1.78. The van der Waals surface area contributed by atoms with Crippen LogP contribution in [0.1, 0.15) is 18.5 Å². The molecule has 3 aromatic rings. The maximum absolute atomic E-state index is 4.49. The number of fused-ring (bicyclic) bond motifs is 1. The number of hydrogen-bond acceptors (Lipinski definition) is 2. The standard InChI is InChI=1S/C14H13N3/c1-11(12-7-3-2-4-8-12)17-15-13-9-5-6-10-14(13)16-17/h2-11H,1H3. The number of hydrogen-bond donors (Lipinski definition) is 0. The number of aromatic nitrogens is 3. The van der Waals surface area contributed by atoms with Crippen LogP contribution in [-0.4, -0.2) is 15.0 Å². The van der Waals surface area contributed by atoms with Gasteiger partial charge in [0.05, 0.1) is 6.04 Å². The minimum Gasteiger partial charge on any atom is -0.176 e. The Hall–Kier alpha value is -2.16. The highest BCUT2D eigenvalue weighted by molar-refractivity contribution is 5.73. The predicted octanol–water partition coefficient (Wildman–Crippen LogP) is 3.04. The molecule has 0 fully saturated rings. The molecule has 1 aromatic heterocycles. The van der Waals surface area contributed by atoms with Crippen LogP contribution < -0.4 is 0 Å². The second kappa shape index (κ2) is 4.01. The third-order valence-corrected chi connectivity index (χ3v) is 2.93. The van der Waals surface area contributed by atoms with E-state index in [0.29, 0.717) is 0 Å². The van der Waals surface area contributed by atoms with Crippen LogP contribution in [-0.2, 0) is 0 Å². The SMILES string of the molecule is CC(c1ccccc1)n1nc2ccccc2n1. The molecule has 0 aliphatic carbocycles. The van der Waals surface area contributed by atoms with Gasteiger partial charge in [0.15, 0.2) is 0 Å². The van der Waals surface area contributed by atoms with Gasteiger partial charge in [-0.05, 0) is 24.6 Å². The maximum Gasteiger partial charge on any atom is 0.113 e. The molecule has 3 nitrogen and oxygen atoms in total. The molecule has 2 aromatic carbocycles. The van der Waals surface area contributed by atoms with Gasteiger partial charge in [0.2, 0.25) is 0 Å². The third kappa shape index (κ3) is 1.80. The van der Waals surface area contributed by atoms with Gasteiger partial charge < -0.3 is 0 Å². The fourth-order valence-electron chi connectivity index (χ4n) is 1.91. The summed E-state index contributed by atoms with van der Waals surface area (Å²) in [6.45, 7) is 2.11. The van der Waals surface area contributed by atoms with E-state index in [9.17, 15) is 0 Å². The van der Waals surface area contributed by atoms with Crippen LogP contribution >= 0.6 is 0 Å². The van der Waals surface area contributed by atoms with E-state index in [2.05, 4.69) is 29.3 Å². The summed E-state index contributed by atoms with van der Waals surface area (Å²) in [7, 11) is 0. The Labute approximate surface area is 99.7 Å². The summed E-state index contributed by atoms with van der Waals surface area (Å²) < 4.78 is 0. The van der Waals surface area contributed by atoms with Crippen LogP contribution in [0.2, 0.25) is 0 Å². The average molecular weight is 223 g/mol. The Morgan fingerprint density at radius 3 is 1.94 bits per heavy atom. The van der Waals surface area contributed by atoms with Crippen LogP contribution in [0.15, 0.2) is 54.6 Å². The molecule has 1 unspecified atom stereocenters. The summed E-state index contributed by atoms with van der Waals surface area (Å²) in [5, 5.41) is 8.99. The molecule has 0 amide bonds. The Morgan fingerprint density at radius 2 is 1.35 bits per heavy atom. The van der Waals surface area contributed by atoms with E-state index in [1.165, 1.54) is 5.56 Å². The van der Waals surface area contributed by atoms with Gasteiger partial charge in [-0.1, -0.05) is 42.5 Å². The van der Waals surface area contributed by atoms with Gasteiger partial charge in [-0.3, -0.25) is 0 Å². The highest BCUT2D eigenvalue weighted by atomic mass is 15.5. The van der Waals surface area contributed by atoms with Gasteiger partial charge in [0.25, 0.3) is 0 Å². The zero-order valence-electron chi connectivity index (χ0n) is 9.62. The van der Waals surface area contributed by atoms with Gasteiger partial charge in [-0.25, -0.2) is 0 Å². The van der Waals surface area contributed by atoms with E-state index >= 15 is 0 Å². The van der Waals surface area contributed by atoms with Crippen LogP contribution in [0.4, 0.5) is 0 Å². The van der Waals surface area contributed by atoms with E-state index in [1.807, 2.05) is 42.5 Å². The van der Waals surface area contributed by atoms with Crippen LogP contribution in [0, 0.1) is 0 Å². The van der Waals surface area contributed by atoms with E-state index in [4.69, 9.17) is 0 Å². The van der Waals surface area contributed by atoms with Crippen molar-refractivity contribution < 1.29 is 0 Å². The fraction of sp³-hybridized carbons (Fsp3) is 0.143. The zero-order chi connectivity index (χ0) is 11.7. The fourth-order valence-corrected chi connectivity index (χ4v) is 1.91. The van der Waals surface area contributed by atoms with Crippen molar-refractivity contribution in [3.05, 3.63) is 60.2 Å². The molecular formula is C14H13N3. The minimum absolute atomic E-state index is 0.156. The lowest BCUT2D eigenvalue weighted by atomic mass is 10.1. The van der Waals surface area contributed by atoms with E-state index in [-0.39, 0.29) is 6.04 Å². The number of benzene rings is 2. The van der Waals surface area contributed by atoms with Crippen molar-refractivity contribution in [3.8, 4) is 0 Å². The van der Waals surface area contributed by atoms with Crippen molar-refractivity contribution in [1.29, 1.82) is 0 Å². The van der Waals surface area contributed by atoms with E-state index < -0.39 is 0 Å². The Morgan fingerprint density at radius 1 is 0.824 bits per heavy atom. The van der Waals surface area contributed by atoms with Crippen molar-refractivity contribution in [3.63, 3.8) is 0 Å². The van der Waals surface area contributed by atoms with E-state index in [1.54, 1.807) is 4.80 Å². The zero-order valence-corrected chi connectivity index (χ0v) is 9.62. The minimum atomic E-state index is 0.156. The largest absolute Gasteiger partial charge is 0.176 e. The van der Waals surface area contributed by atoms with Crippen LogP contribution in [0.3, 0.4) is 0 Å². The lowest BCUT2D eigenvalue weighted by molar-refractivity contribution is 0.499. The van der Waals surface area contributed by atoms with Gasteiger partial charge >= 0.3 is 0 Å². The molecule has 84 valence electrons. The first-order chi connectivity index (χ1) is 8.34. The van der Waals surface area contributed by atoms with Crippen molar-refractivity contribution in [2.75, 3.05) is 0 Å². The molecule has 3 rings (SSSR count). The van der Waals surface area contributed by atoms with Gasteiger partial charge in [-0.2, -0.15) is 15.0 Å². The predicted molar refractivity (Wildman–Crippen MR) is 67.8 cm³/mol. The molecule has 0 aliphatic rings. The van der Waals surface area contributed by atoms with Crippen molar-refractivity contribution >= 4 is 11.0 Å². The lowest BCUT2D eigenvalue weighted by Crippen LogP contribution is -2.09. The smallest absolute Gasteiger partial charge is 0.113 e. The molecule has 0 N–H and O–H groups in total. The second-order valence-electron chi connectivity index (χ2n) is 4.10. The molecule has 0 radical (unpaired) electrons. The lowest BCUT2D eigenvalue weighted by Gasteiger charge is -2.10. The third-order valence-electron chi connectivity index (χ3n) is 2.93. The molecule has 0 bridgehead atoms. The first-order valence-electron chi connectivity index (χ1n) is 5.71. The van der Waals surface area contributed by atoms with Crippen molar-refractivity contribution in [2.24, 2.45) is 0 Å². The molecule has 0 saturated heterocycles. The summed E-state index contributed by atoms with van der Waals surface area (Å²) in [5.74, 6) is 0. The Balaban J connectivity index is 2.04. The number of nitrogens with zero attached hydrogens (tertiary/aromatic N) is 3. The molecule has 17 heavy (non-hydrogen) atoms. The second-order valence-corrected chi connectivity index (χ2v) is 4.10. The molecular weight excluding hydrogens is 210 g/mol. The Bertz CT molecular complexity index is 595. The first kappa shape index (κ1) is 10.0. The maximum atomic E-state index is 4.49. The topological polar surface area (TPSA) is 30.7 Å². The molecule has 0 saturated carbocycles. The van der Waals surface area contributed by atoms with Gasteiger partial charge in [0.1, 0.15) is 11.0 Å². The summed E-state index contributed by atoms with van der Waals surface area (Å²) in [5.41, 5.74) is 3.10. The Kier molecular flexibility index (Phi) is 2.37. The van der Waals surface area contributed by atoms with Crippen LogP contribution in [0.5, 0.6) is 0 Å². The summed E-state index contributed by atoms with van der Waals surface area (Å²) in [6, 6.07) is 18.4. The molecule has 1 atom stereocenters. The monoisotopic (exact) mass is 223 g/mol. The molecule has 0 aliphatic heterocycles. The van der Waals surface area contributed by atoms with Crippen LogP contribution in [0.25, 0.3) is 11.0 Å². The molecule has 3 heteroatoms. The molecule has 1 heterocycles. The summed E-state index contributed by atoms with van der Waals surface area (Å²) >= 11 is 0. The first-order valence-corrected chi connectivity index (χ1v) is 5.71. The summed E-state index contributed by atoms with van der Waals surface area (Å²) in [6.07, 6.45) is 0. The number of rotatable bonds is 2. The molecule has 0 spiro atoms. The normalized spacial score (nSPS) is 12.8. The average Bonchev–Trinajstić information content (AvgIpc) is 2.82. The highest BCUT2D eigenvalue weighted by Gasteiger charge is 2.10. The van der Waals surface area contributed by atoms with Gasteiger partial charge in [0, 0.05) is 0 Å². The van der Waals surface area contributed by atoms with E-state index in [0.717, 1.165) is 11.0 Å². The van der Waals surface area contributed by atoms with Crippen molar-refractivity contribution in [1.82, 2.24) is 15.0 Å². The van der Waals surface area contributed by atoms with Gasteiger partial charge in [-0.15, -0.1) is 0 Å². The van der Waals surface area contributed by atoms with Crippen molar-refractivity contribution in [2.45, 2.75) is 13.0 Å². The highest BCUT2D eigenvalue weighted by Crippen LogP contribution is 2.17.